The number of halogens is 1. The van der Waals surface area contributed by atoms with E-state index in [9.17, 15) is 9.59 Å². The van der Waals surface area contributed by atoms with E-state index in [4.69, 9.17) is 16.3 Å². The number of carbonyl (C=O) groups is 2. The number of ether oxygens (including phenoxy) is 1. The summed E-state index contributed by atoms with van der Waals surface area (Å²) in [6.07, 6.45) is 3.01. The summed E-state index contributed by atoms with van der Waals surface area (Å²) in [4.78, 5) is 27.4. The highest BCUT2D eigenvalue weighted by molar-refractivity contribution is 6.29. The number of nitrogens with zero attached hydrogens (tertiary/aromatic N) is 1. The van der Waals surface area contributed by atoms with Crippen LogP contribution < -0.4 is 5.32 Å². The zero-order chi connectivity index (χ0) is 14.5. The molecular weight excluding hydrogens is 280 g/mol. The van der Waals surface area contributed by atoms with Crippen molar-refractivity contribution in [2.24, 2.45) is 5.92 Å². The van der Waals surface area contributed by atoms with Gasteiger partial charge in [0.2, 0.25) is 0 Å². The summed E-state index contributed by atoms with van der Waals surface area (Å²) in [7, 11) is 1.40. The minimum absolute atomic E-state index is 0.0440. The molecule has 0 aromatic carbocycles. The molecule has 0 radical (unpaired) electrons. The van der Waals surface area contributed by atoms with Crippen LogP contribution in [-0.2, 0) is 9.53 Å². The van der Waals surface area contributed by atoms with Gasteiger partial charge in [-0.05, 0) is 37.8 Å². The Labute approximate surface area is 122 Å². The number of methoxy groups -OCH3 is 1. The molecule has 0 atom stereocenters. The van der Waals surface area contributed by atoms with E-state index in [1.54, 1.807) is 18.2 Å². The fraction of sp³-hybridized carbons (Fsp3) is 0.500. The Morgan fingerprint density at radius 1 is 1.30 bits per heavy atom. The number of carbonyl (C=O) groups excluding carboxylic acids is 2. The molecule has 0 bridgehead atoms. The number of esters is 1. The summed E-state index contributed by atoms with van der Waals surface area (Å²) in [5.74, 6) is -0.433. The lowest BCUT2D eigenvalue weighted by Crippen LogP contribution is -2.39. The molecule has 0 spiro atoms. The van der Waals surface area contributed by atoms with Gasteiger partial charge in [0, 0.05) is 6.04 Å². The van der Waals surface area contributed by atoms with Crippen LogP contribution in [0.3, 0.4) is 0 Å². The molecule has 20 heavy (non-hydrogen) atoms. The first kappa shape index (κ1) is 14.8. The highest BCUT2D eigenvalue weighted by Crippen LogP contribution is 2.25. The summed E-state index contributed by atoms with van der Waals surface area (Å²) < 4.78 is 4.74. The Hall–Kier alpha value is -1.62. The van der Waals surface area contributed by atoms with Crippen LogP contribution in [0.2, 0.25) is 5.15 Å². The maximum atomic E-state index is 12.0. The van der Waals surface area contributed by atoms with E-state index in [-0.39, 0.29) is 23.8 Å². The third-order valence-corrected chi connectivity index (χ3v) is 3.76. The fourth-order valence-electron chi connectivity index (χ4n) is 2.43. The van der Waals surface area contributed by atoms with Crippen molar-refractivity contribution in [2.45, 2.75) is 31.7 Å². The summed E-state index contributed by atoms with van der Waals surface area (Å²) in [5.41, 5.74) is 0.313. The zero-order valence-corrected chi connectivity index (χ0v) is 12.0. The smallest absolute Gasteiger partial charge is 0.308 e. The molecule has 5 nitrogen and oxygen atoms in total. The van der Waals surface area contributed by atoms with Crippen LogP contribution in [0, 0.1) is 5.92 Å². The maximum absolute atomic E-state index is 12.0. The molecule has 0 unspecified atom stereocenters. The van der Waals surface area contributed by atoms with Gasteiger partial charge in [0.15, 0.2) is 0 Å². The van der Waals surface area contributed by atoms with Crippen molar-refractivity contribution in [1.82, 2.24) is 10.3 Å². The second kappa shape index (κ2) is 6.70. The summed E-state index contributed by atoms with van der Waals surface area (Å²) >= 11 is 5.76. The molecular formula is C14H17ClN2O3. The molecule has 1 N–H and O–H groups in total. The molecule has 1 aliphatic carbocycles. The molecule has 1 aromatic heterocycles. The van der Waals surface area contributed by atoms with E-state index >= 15 is 0 Å². The van der Waals surface area contributed by atoms with Crippen molar-refractivity contribution in [3.8, 4) is 0 Å². The Morgan fingerprint density at radius 2 is 2.00 bits per heavy atom. The molecule has 6 heteroatoms. The molecule has 1 amide bonds. The number of rotatable bonds is 3. The second-order valence-corrected chi connectivity index (χ2v) is 5.28. The van der Waals surface area contributed by atoms with Gasteiger partial charge in [0.05, 0.1) is 13.0 Å². The van der Waals surface area contributed by atoms with Crippen molar-refractivity contribution < 1.29 is 14.3 Å². The minimum atomic E-state index is -0.228. The molecule has 0 saturated heterocycles. The zero-order valence-electron chi connectivity index (χ0n) is 11.3. The van der Waals surface area contributed by atoms with Crippen molar-refractivity contribution >= 4 is 23.5 Å². The lowest BCUT2D eigenvalue weighted by molar-refractivity contribution is -0.146. The van der Waals surface area contributed by atoms with E-state index in [0.29, 0.717) is 10.8 Å². The van der Waals surface area contributed by atoms with E-state index in [1.165, 1.54) is 7.11 Å². The number of pyridine rings is 1. The highest BCUT2D eigenvalue weighted by atomic mass is 35.5. The second-order valence-electron chi connectivity index (χ2n) is 4.89. The fourth-order valence-corrected chi connectivity index (χ4v) is 2.60. The minimum Gasteiger partial charge on any atom is -0.469 e. The number of amides is 1. The molecule has 1 aromatic rings. The third kappa shape index (κ3) is 3.70. The molecule has 108 valence electrons. The summed E-state index contributed by atoms with van der Waals surface area (Å²) in [6.45, 7) is 0. The maximum Gasteiger partial charge on any atom is 0.308 e. The molecule has 0 aliphatic heterocycles. The Kier molecular flexibility index (Phi) is 4.95. The Bertz CT molecular complexity index is 499. The van der Waals surface area contributed by atoms with Crippen molar-refractivity contribution in [3.05, 3.63) is 29.0 Å². The monoisotopic (exact) mass is 296 g/mol. The van der Waals surface area contributed by atoms with Crippen molar-refractivity contribution in [2.75, 3.05) is 7.11 Å². The molecule has 1 heterocycles. The van der Waals surface area contributed by atoms with E-state index < -0.39 is 0 Å². The van der Waals surface area contributed by atoms with Crippen LogP contribution in [0.15, 0.2) is 18.2 Å². The lowest BCUT2D eigenvalue weighted by atomic mass is 9.86. The van der Waals surface area contributed by atoms with Gasteiger partial charge in [-0.25, -0.2) is 4.98 Å². The first-order chi connectivity index (χ1) is 9.60. The first-order valence-corrected chi connectivity index (χ1v) is 6.99. The predicted molar refractivity (Wildman–Crippen MR) is 74.5 cm³/mol. The highest BCUT2D eigenvalue weighted by Gasteiger charge is 2.27. The Balaban J connectivity index is 1.86. The third-order valence-electron chi connectivity index (χ3n) is 3.54. The van der Waals surface area contributed by atoms with Crippen LogP contribution in [0.25, 0.3) is 0 Å². The standard InChI is InChI=1S/C14H17ClN2O3/c1-20-14(19)9-5-7-10(8-6-9)16-13(18)11-3-2-4-12(15)17-11/h2-4,9-10H,5-8H2,1H3,(H,16,18). The SMILES string of the molecule is COC(=O)C1CCC(NC(=O)c2cccc(Cl)n2)CC1. The van der Waals surface area contributed by atoms with E-state index in [2.05, 4.69) is 10.3 Å². The molecule has 1 saturated carbocycles. The van der Waals surface area contributed by atoms with Gasteiger partial charge in [-0.2, -0.15) is 0 Å². The van der Waals surface area contributed by atoms with Crippen LogP contribution in [0.1, 0.15) is 36.2 Å². The van der Waals surface area contributed by atoms with E-state index in [0.717, 1.165) is 25.7 Å². The van der Waals surface area contributed by atoms with Crippen molar-refractivity contribution in [1.29, 1.82) is 0 Å². The number of nitrogens with one attached hydrogen (secondary N) is 1. The van der Waals surface area contributed by atoms with Crippen LogP contribution in [0.4, 0.5) is 0 Å². The van der Waals surface area contributed by atoms with Crippen LogP contribution >= 0.6 is 11.6 Å². The van der Waals surface area contributed by atoms with Crippen molar-refractivity contribution in [3.63, 3.8) is 0 Å². The number of aromatic nitrogens is 1. The van der Waals surface area contributed by atoms with Gasteiger partial charge < -0.3 is 10.1 Å². The number of hydrogen-bond acceptors (Lipinski definition) is 4. The average Bonchev–Trinajstić information content (AvgIpc) is 2.47. The van der Waals surface area contributed by atoms with Crippen LogP contribution in [0.5, 0.6) is 0 Å². The summed E-state index contributed by atoms with van der Waals surface area (Å²) in [5, 5.41) is 3.23. The average molecular weight is 297 g/mol. The largest absolute Gasteiger partial charge is 0.469 e. The van der Waals surface area contributed by atoms with Gasteiger partial charge in [0.25, 0.3) is 5.91 Å². The predicted octanol–water partition coefficient (Wildman–Crippen LogP) is 2.20. The van der Waals surface area contributed by atoms with E-state index in [1.807, 2.05) is 0 Å². The summed E-state index contributed by atoms with van der Waals surface area (Å²) in [6, 6.07) is 5.02. The topological polar surface area (TPSA) is 68.3 Å². The number of hydrogen-bond donors (Lipinski definition) is 1. The van der Waals surface area contributed by atoms with Gasteiger partial charge in [-0.1, -0.05) is 17.7 Å². The van der Waals surface area contributed by atoms with Gasteiger partial charge >= 0.3 is 5.97 Å². The molecule has 1 fully saturated rings. The van der Waals surface area contributed by atoms with Gasteiger partial charge in [-0.15, -0.1) is 0 Å². The normalized spacial score (nSPS) is 22.1. The quantitative estimate of drug-likeness (QED) is 0.686. The Morgan fingerprint density at radius 3 is 2.60 bits per heavy atom. The molecule has 2 rings (SSSR count). The first-order valence-electron chi connectivity index (χ1n) is 6.61. The van der Waals surface area contributed by atoms with Gasteiger partial charge in [0.1, 0.15) is 10.8 Å². The lowest BCUT2D eigenvalue weighted by Gasteiger charge is -2.27. The van der Waals surface area contributed by atoms with Gasteiger partial charge in [-0.3, -0.25) is 9.59 Å². The molecule has 1 aliphatic rings. The van der Waals surface area contributed by atoms with Crippen LogP contribution in [-0.4, -0.2) is 30.0 Å².